The zero-order valence-corrected chi connectivity index (χ0v) is 22.7. The molecular weight excluding hydrogens is 534 g/mol. The maximum Gasteiger partial charge on any atom is 0.334 e. The molecule has 0 bridgehead atoms. The Morgan fingerprint density at radius 2 is 1.86 bits per heavy atom. The minimum absolute atomic E-state index is 0.0625. The van der Waals surface area contributed by atoms with Gasteiger partial charge in [0, 0.05) is 17.6 Å². The highest BCUT2D eigenvalue weighted by Gasteiger charge is 2.51. The van der Waals surface area contributed by atoms with Crippen molar-refractivity contribution in [2.45, 2.75) is 45.6 Å². The molecule has 2 saturated heterocycles. The van der Waals surface area contributed by atoms with Crippen molar-refractivity contribution in [2.75, 3.05) is 19.6 Å². The van der Waals surface area contributed by atoms with Gasteiger partial charge in [0.25, 0.3) is 0 Å². The molecular formula is C28H32BrN5O3. The summed E-state index contributed by atoms with van der Waals surface area (Å²) in [6.07, 6.45) is 5.45. The van der Waals surface area contributed by atoms with E-state index in [1.807, 2.05) is 68.4 Å². The number of carbonyl (C=O) groups is 3. The maximum atomic E-state index is 13.7. The van der Waals surface area contributed by atoms with E-state index in [-0.39, 0.29) is 43.4 Å². The van der Waals surface area contributed by atoms with E-state index in [2.05, 4.69) is 27.2 Å². The van der Waals surface area contributed by atoms with Crippen molar-refractivity contribution in [1.82, 2.24) is 25.1 Å². The number of nitrogens with one attached hydrogen (secondary N) is 1. The Morgan fingerprint density at radius 1 is 1.14 bits per heavy atom. The van der Waals surface area contributed by atoms with Crippen LogP contribution in [0.25, 0.3) is 0 Å². The fourth-order valence-electron chi connectivity index (χ4n) is 4.97. The third-order valence-corrected chi connectivity index (χ3v) is 7.05. The Hall–Kier alpha value is -3.35. The van der Waals surface area contributed by atoms with Gasteiger partial charge in [0.05, 0.1) is 19.6 Å². The summed E-state index contributed by atoms with van der Waals surface area (Å²) in [6, 6.07) is 16.4. The van der Waals surface area contributed by atoms with Crippen molar-refractivity contribution in [3.05, 3.63) is 70.2 Å². The van der Waals surface area contributed by atoms with Crippen LogP contribution in [0.15, 0.2) is 59.1 Å². The second-order valence-electron chi connectivity index (χ2n) is 9.79. The lowest BCUT2D eigenvalue weighted by molar-refractivity contribution is -0.190. The van der Waals surface area contributed by atoms with Crippen molar-refractivity contribution in [3.63, 3.8) is 0 Å². The van der Waals surface area contributed by atoms with Crippen molar-refractivity contribution in [3.8, 4) is 12.3 Å². The van der Waals surface area contributed by atoms with Crippen LogP contribution in [-0.2, 0) is 22.7 Å². The van der Waals surface area contributed by atoms with Crippen LogP contribution in [0, 0.1) is 18.3 Å². The molecule has 2 atom stereocenters. The van der Waals surface area contributed by atoms with Gasteiger partial charge in [-0.1, -0.05) is 78.2 Å². The van der Waals surface area contributed by atoms with Crippen LogP contribution in [-0.4, -0.2) is 69.5 Å². The molecule has 2 aliphatic heterocycles. The van der Waals surface area contributed by atoms with Crippen LogP contribution < -0.4 is 5.32 Å². The molecule has 0 unspecified atom stereocenters. The number of piperazine rings is 1. The standard InChI is InChI=1S/C28H32BrN5O3/c1-4-13-32-19-26(35)33-24(14-20(2)3)27(36)31(17-22-11-8-12-23(29)15-22)18-25(33)34(32)28(37)30-16-21-9-6-5-7-10-21/h1,5-12,15,20,24-25H,13-14,16-19H2,2-3H3,(H,30,37)/t24-,25-/m0/s1. The predicted molar refractivity (Wildman–Crippen MR) is 144 cm³/mol. The first-order chi connectivity index (χ1) is 17.8. The smallest absolute Gasteiger partial charge is 0.333 e. The van der Waals surface area contributed by atoms with Crippen LogP contribution in [0.1, 0.15) is 31.4 Å². The number of halogens is 1. The quantitative estimate of drug-likeness (QED) is 0.522. The summed E-state index contributed by atoms with van der Waals surface area (Å²) < 4.78 is 0.921. The lowest BCUT2D eigenvalue weighted by Crippen LogP contribution is -2.76. The van der Waals surface area contributed by atoms with E-state index in [0.29, 0.717) is 19.5 Å². The van der Waals surface area contributed by atoms with Crippen LogP contribution in [0.4, 0.5) is 4.79 Å². The Morgan fingerprint density at radius 3 is 2.54 bits per heavy atom. The molecule has 2 heterocycles. The topological polar surface area (TPSA) is 76.2 Å². The fraction of sp³-hybridized carbons (Fsp3) is 0.393. The minimum atomic E-state index is -0.668. The van der Waals surface area contributed by atoms with Gasteiger partial charge in [-0.05, 0) is 35.6 Å². The highest BCUT2D eigenvalue weighted by Crippen LogP contribution is 2.30. The Bertz CT molecular complexity index is 1180. The third-order valence-electron chi connectivity index (χ3n) is 6.56. The van der Waals surface area contributed by atoms with Crippen LogP contribution in [0.2, 0.25) is 0 Å². The number of hydrogen-bond acceptors (Lipinski definition) is 4. The fourth-order valence-corrected chi connectivity index (χ4v) is 5.41. The number of nitrogens with zero attached hydrogens (tertiary/aromatic N) is 4. The number of rotatable bonds is 7. The third kappa shape index (κ3) is 6.14. The summed E-state index contributed by atoms with van der Waals surface area (Å²) in [4.78, 5) is 44.0. The van der Waals surface area contributed by atoms with E-state index in [1.54, 1.807) is 14.8 Å². The van der Waals surface area contributed by atoms with E-state index in [4.69, 9.17) is 6.42 Å². The summed E-state index contributed by atoms with van der Waals surface area (Å²) in [5.74, 6) is 2.44. The number of amides is 4. The number of terminal acetylenes is 1. The molecule has 8 nitrogen and oxygen atoms in total. The van der Waals surface area contributed by atoms with Gasteiger partial charge in [-0.2, -0.15) is 5.01 Å². The first kappa shape index (κ1) is 26.7. The summed E-state index contributed by atoms with van der Waals surface area (Å²) in [5.41, 5.74) is 1.92. The molecule has 9 heteroatoms. The molecule has 4 rings (SSSR count). The molecule has 0 saturated carbocycles. The number of carbonyl (C=O) groups excluding carboxylic acids is 3. The number of fused-ring (bicyclic) bond motifs is 1. The molecule has 2 aromatic carbocycles. The lowest BCUT2D eigenvalue weighted by Gasteiger charge is -2.55. The second-order valence-corrected chi connectivity index (χ2v) is 10.7. The lowest BCUT2D eigenvalue weighted by atomic mass is 9.96. The van der Waals surface area contributed by atoms with E-state index in [9.17, 15) is 14.4 Å². The molecule has 4 amide bonds. The van der Waals surface area contributed by atoms with Crippen molar-refractivity contribution in [2.24, 2.45) is 5.92 Å². The molecule has 1 N–H and O–H groups in total. The number of hydrazine groups is 1. The van der Waals surface area contributed by atoms with E-state index in [0.717, 1.165) is 15.6 Å². The number of urea groups is 1. The Balaban J connectivity index is 1.66. The zero-order valence-electron chi connectivity index (χ0n) is 21.1. The second kappa shape index (κ2) is 11.8. The highest BCUT2D eigenvalue weighted by molar-refractivity contribution is 9.10. The first-order valence-electron chi connectivity index (χ1n) is 12.4. The van der Waals surface area contributed by atoms with Gasteiger partial charge in [0.15, 0.2) is 0 Å². The molecule has 194 valence electrons. The number of benzene rings is 2. The molecule has 0 radical (unpaired) electrons. The Kier molecular flexibility index (Phi) is 8.52. The van der Waals surface area contributed by atoms with Gasteiger partial charge in [-0.15, -0.1) is 6.42 Å². The van der Waals surface area contributed by atoms with Crippen molar-refractivity contribution >= 4 is 33.8 Å². The van der Waals surface area contributed by atoms with Gasteiger partial charge in [0.1, 0.15) is 12.2 Å². The normalized spacial score (nSPS) is 20.1. The van der Waals surface area contributed by atoms with E-state index in [1.165, 1.54) is 5.01 Å². The first-order valence-corrected chi connectivity index (χ1v) is 13.2. The van der Waals surface area contributed by atoms with E-state index < -0.39 is 12.2 Å². The molecule has 37 heavy (non-hydrogen) atoms. The van der Waals surface area contributed by atoms with Crippen molar-refractivity contribution in [1.29, 1.82) is 0 Å². The average molecular weight is 567 g/mol. The molecule has 0 aliphatic carbocycles. The zero-order chi connectivity index (χ0) is 26.5. The Labute approximate surface area is 226 Å². The summed E-state index contributed by atoms with van der Waals surface area (Å²) in [6.45, 7) is 4.98. The predicted octanol–water partition coefficient (Wildman–Crippen LogP) is 3.44. The van der Waals surface area contributed by atoms with Crippen LogP contribution in [0.5, 0.6) is 0 Å². The average Bonchev–Trinajstić information content (AvgIpc) is 2.86. The van der Waals surface area contributed by atoms with Gasteiger partial charge < -0.3 is 15.1 Å². The molecule has 2 fully saturated rings. The maximum absolute atomic E-state index is 13.7. The minimum Gasteiger partial charge on any atom is -0.333 e. The summed E-state index contributed by atoms with van der Waals surface area (Å²) in [7, 11) is 0. The van der Waals surface area contributed by atoms with Crippen LogP contribution in [0.3, 0.4) is 0 Å². The van der Waals surface area contributed by atoms with Gasteiger partial charge >= 0.3 is 6.03 Å². The van der Waals surface area contributed by atoms with Crippen molar-refractivity contribution < 1.29 is 14.4 Å². The largest absolute Gasteiger partial charge is 0.334 e. The number of hydrogen-bond donors (Lipinski definition) is 1. The summed E-state index contributed by atoms with van der Waals surface area (Å²) in [5, 5.41) is 6.11. The molecule has 0 spiro atoms. The van der Waals surface area contributed by atoms with Gasteiger partial charge in [-0.3, -0.25) is 9.59 Å². The summed E-state index contributed by atoms with van der Waals surface area (Å²) >= 11 is 3.50. The van der Waals surface area contributed by atoms with Gasteiger partial charge in [-0.25, -0.2) is 9.80 Å². The van der Waals surface area contributed by atoms with Crippen LogP contribution >= 0.6 is 15.9 Å². The van der Waals surface area contributed by atoms with Gasteiger partial charge in [0.2, 0.25) is 11.8 Å². The molecule has 2 aliphatic rings. The van der Waals surface area contributed by atoms with E-state index >= 15 is 0 Å². The highest BCUT2D eigenvalue weighted by atomic mass is 79.9. The monoisotopic (exact) mass is 565 g/mol. The molecule has 2 aromatic rings. The molecule has 0 aromatic heterocycles. The SMILES string of the molecule is C#CCN1CC(=O)N2[C@@H](CC(C)C)C(=O)N(Cc3cccc(Br)c3)C[C@@H]2N1C(=O)NCc1ccccc1.